The molecule has 0 atom stereocenters. The molecular weight excluding hydrogens is 280 g/mol. The van der Waals surface area contributed by atoms with Crippen LogP contribution in [0.1, 0.15) is 22.3 Å². The fourth-order valence-electron chi connectivity index (χ4n) is 2.16. The van der Waals surface area contributed by atoms with Gasteiger partial charge in [-0.3, -0.25) is 0 Å². The molecule has 108 valence electrons. The summed E-state index contributed by atoms with van der Waals surface area (Å²) in [6, 6.07) is 4.58. The number of terminal acetylenes is 3. The lowest BCUT2D eigenvalue weighted by molar-refractivity contribution is 0.212. The van der Waals surface area contributed by atoms with Crippen LogP contribution in [0, 0.1) is 58.4 Å². The third-order valence-corrected chi connectivity index (χ3v) is 5.58. The zero-order chi connectivity index (χ0) is 15.9. The molecule has 0 aliphatic carbocycles. The van der Waals surface area contributed by atoms with E-state index in [-0.39, 0.29) is 0 Å². The SMILES string of the molecule is C#CO[Si](CCc1c(C)ccc(C)c1C)(OC#C)OC#C. The number of benzene rings is 1. The maximum Gasteiger partial charge on any atom is 0.725 e. The Morgan fingerprint density at radius 3 is 1.86 bits per heavy atom. The number of rotatable bonds is 6. The molecule has 0 aliphatic heterocycles. The summed E-state index contributed by atoms with van der Waals surface area (Å²) in [5.41, 5.74) is 4.83. The van der Waals surface area contributed by atoms with E-state index in [0.29, 0.717) is 12.5 Å². The molecule has 1 rings (SSSR count). The van der Waals surface area contributed by atoms with Gasteiger partial charge in [-0.1, -0.05) is 31.4 Å². The molecule has 0 saturated heterocycles. The Morgan fingerprint density at radius 2 is 1.38 bits per heavy atom. The molecule has 21 heavy (non-hydrogen) atoms. The molecule has 0 radical (unpaired) electrons. The quantitative estimate of drug-likeness (QED) is 0.597. The predicted molar refractivity (Wildman–Crippen MR) is 84.7 cm³/mol. The molecule has 0 unspecified atom stereocenters. The second-order valence-electron chi connectivity index (χ2n) is 4.65. The van der Waals surface area contributed by atoms with E-state index in [9.17, 15) is 0 Å². The smallest absolute Gasteiger partial charge is 0.432 e. The van der Waals surface area contributed by atoms with Crippen LogP contribution in [0.25, 0.3) is 0 Å². The molecule has 0 saturated carbocycles. The first-order chi connectivity index (χ1) is 9.99. The number of aryl methyl sites for hydroxylation is 2. The Kier molecular flexibility index (Phi) is 5.79. The molecular formula is C17H18O3Si. The first-order valence-corrected chi connectivity index (χ1v) is 8.39. The average Bonchev–Trinajstić information content (AvgIpc) is 2.44. The van der Waals surface area contributed by atoms with Crippen LogP contribution >= 0.6 is 0 Å². The molecule has 0 aromatic heterocycles. The van der Waals surface area contributed by atoms with E-state index in [0.717, 1.165) is 0 Å². The summed E-state index contributed by atoms with van der Waals surface area (Å²) < 4.78 is 15.5. The zero-order valence-corrected chi connectivity index (χ0v) is 13.5. The average molecular weight is 298 g/mol. The van der Waals surface area contributed by atoms with Crippen molar-refractivity contribution in [3.05, 3.63) is 34.4 Å². The first kappa shape index (κ1) is 16.6. The Balaban J connectivity index is 3.03. The summed E-state index contributed by atoms with van der Waals surface area (Å²) in [5, 5.41) is 0. The molecule has 0 bridgehead atoms. The number of hydrogen-bond donors (Lipinski definition) is 0. The van der Waals surface area contributed by atoms with Crippen molar-refractivity contribution < 1.29 is 13.3 Å². The van der Waals surface area contributed by atoms with E-state index in [1.807, 2.05) is 0 Å². The van der Waals surface area contributed by atoms with Crippen molar-refractivity contribution in [3.63, 3.8) is 0 Å². The van der Waals surface area contributed by atoms with Crippen LogP contribution in [0.5, 0.6) is 0 Å². The first-order valence-electron chi connectivity index (χ1n) is 6.46. The van der Waals surface area contributed by atoms with Crippen molar-refractivity contribution in [2.24, 2.45) is 0 Å². The summed E-state index contributed by atoms with van der Waals surface area (Å²) in [4.78, 5) is 0. The lowest BCUT2D eigenvalue weighted by atomic mass is 9.97. The molecule has 4 heteroatoms. The Labute approximate surface area is 128 Å². The van der Waals surface area contributed by atoms with Gasteiger partial charge in [-0.05, 0) is 49.4 Å². The van der Waals surface area contributed by atoms with Crippen LogP contribution in [0.4, 0.5) is 0 Å². The largest absolute Gasteiger partial charge is 0.725 e. The van der Waals surface area contributed by atoms with Crippen molar-refractivity contribution >= 4 is 8.80 Å². The van der Waals surface area contributed by atoms with Gasteiger partial charge in [0.15, 0.2) is 0 Å². The highest BCUT2D eigenvalue weighted by molar-refractivity contribution is 6.61. The van der Waals surface area contributed by atoms with Gasteiger partial charge in [0.1, 0.15) is 0 Å². The van der Waals surface area contributed by atoms with E-state index in [1.54, 1.807) is 0 Å². The minimum absolute atomic E-state index is 0.413. The molecule has 0 amide bonds. The maximum absolute atomic E-state index is 5.19. The van der Waals surface area contributed by atoms with Gasteiger partial charge < -0.3 is 13.3 Å². The third kappa shape index (κ3) is 3.99. The summed E-state index contributed by atoms with van der Waals surface area (Å²) in [6.07, 6.45) is 22.5. The normalized spacial score (nSPS) is 9.90. The molecule has 0 N–H and O–H groups in total. The lowest BCUT2D eigenvalue weighted by Crippen LogP contribution is -2.42. The highest BCUT2D eigenvalue weighted by Crippen LogP contribution is 2.24. The molecule has 1 aromatic carbocycles. The topological polar surface area (TPSA) is 27.7 Å². The van der Waals surface area contributed by atoms with Crippen molar-refractivity contribution in [2.45, 2.75) is 33.2 Å². The predicted octanol–water partition coefficient (Wildman–Crippen LogP) is 2.92. The van der Waals surface area contributed by atoms with E-state index >= 15 is 0 Å². The molecule has 1 aromatic rings. The van der Waals surface area contributed by atoms with Crippen LogP contribution in [0.3, 0.4) is 0 Å². The van der Waals surface area contributed by atoms with Gasteiger partial charge in [-0.15, -0.1) is 0 Å². The molecule has 3 nitrogen and oxygen atoms in total. The Morgan fingerprint density at radius 1 is 0.905 bits per heavy atom. The fourth-order valence-corrected chi connectivity index (χ4v) is 3.68. The molecule has 0 heterocycles. The van der Waals surface area contributed by atoms with Crippen molar-refractivity contribution in [1.29, 1.82) is 0 Å². The lowest BCUT2D eigenvalue weighted by Gasteiger charge is -2.22. The monoisotopic (exact) mass is 298 g/mol. The minimum atomic E-state index is -3.25. The maximum atomic E-state index is 5.19. The summed E-state index contributed by atoms with van der Waals surface area (Å²) in [6.45, 7) is 6.20. The van der Waals surface area contributed by atoms with Gasteiger partial charge in [-0.25, -0.2) is 0 Å². The zero-order valence-electron chi connectivity index (χ0n) is 12.5. The van der Waals surface area contributed by atoms with Crippen LogP contribution in [-0.4, -0.2) is 8.80 Å². The molecule has 0 spiro atoms. The standard InChI is InChI=1S/C17H18O3Si/c1-7-18-21(19-8-2,20-9-3)13-12-17-15(5)11-10-14(4)16(17)6/h1-3,10-11H,12-13H2,4-6H3. The van der Waals surface area contributed by atoms with Crippen LogP contribution in [0.15, 0.2) is 12.1 Å². The van der Waals surface area contributed by atoms with Gasteiger partial charge in [0.2, 0.25) is 0 Å². The van der Waals surface area contributed by atoms with Crippen LogP contribution in [-0.2, 0) is 19.7 Å². The molecule has 0 aliphatic rings. The minimum Gasteiger partial charge on any atom is -0.432 e. The van der Waals surface area contributed by atoms with Crippen LogP contribution in [0.2, 0.25) is 6.04 Å². The van der Waals surface area contributed by atoms with Gasteiger partial charge >= 0.3 is 8.80 Å². The highest BCUT2D eigenvalue weighted by atomic mass is 28.4. The summed E-state index contributed by atoms with van der Waals surface area (Å²) in [5.74, 6) is 0. The van der Waals surface area contributed by atoms with Gasteiger partial charge in [0.05, 0.1) is 24.4 Å². The van der Waals surface area contributed by atoms with Gasteiger partial charge in [0, 0.05) is 0 Å². The van der Waals surface area contributed by atoms with Gasteiger partial charge in [-0.2, -0.15) is 0 Å². The Bertz CT molecular complexity index is 588. The fraction of sp³-hybridized carbons (Fsp3) is 0.294. The van der Waals surface area contributed by atoms with Gasteiger partial charge in [0.25, 0.3) is 0 Å². The van der Waals surface area contributed by atoms with E-state index in [2.05, 4.69) is 51.2 Å². The number of hydrogen-bond acceptors (Lipinski definition) is 3. The summed E-state index contributed by atoms with van der Waals surface area (Å²) >= 11 is 0. The van der Waals surface area contributed by atoms with E-state index in [1.165, 1.54) is 22.3 Å². The van der Waals surface area contributed by atoms with Crippen molar-refractivity contribution in [2.75, 3.05) is 0 Å². The van der Waals surface area contributed by atoms with E-state index in [4.69, 9.17) is 32.5 Å². The highest BCUT2D eigenvalue weighted by Gasteiger charge is 2.48. The third-order valence-electron chi connectivity index (χ3n) is 3.43. The molecule has 0 fully saturated rings. The van der Waals surface area contributed by atoms with Crippen LogP contribution < -0.4 is 0 Å². The second-order valence-corrected chi connectivity index (χ2v) is 7.12. The Hall–Kier alpha value is -2.48. The van der Waals surface area contributed by atoms with Crippen molar-refractivity contribution in [3.8, 4) is 37.6 Å². The van der Waals surface area contributed by atoms with E-state index < -0.39 is 8.80 Å². The summed E-state index contributed by atoms with van der Waals surface area (Å²) in [7, 11) is -3.25. The second kappa shape index (κ2) is 7.34. The van der Waals surface area contributed by atoms with Crippen molar-refractivity contribution in [1.82, 2.24) is 0 Å².